The summed E-state index contributed by atoms with van der Waals surface area (Å²) in [6.45, 7) is 5.29. The highest BCUT2D eigenvalue weighted by molar-refractivity contribution is 7.92. The van der Waals surface area contributed by atoms with E-state index >= 15 is 0 Å². The van der Waals surface area contributed by atoms with Crippen LogP contribution in [0.5, 0.6) is 0 Å². The van der Waals surface area contributed by atoms with Crippen molar-refractivity contribution in [3.63, 3.8) is 0 Å². The van der Waals surface area contributed by atoms with Gasteiger partial charge in [-0.1, -0.05) is 48.0 Å². The number of aryl methyl sites for hydroxylation is 2. The van der Waals surface area contributed by atoms with Crippen LogP contribution >= 0.6 is 0 Å². The summed E-state index contributed by atoms with van der Waals surface area (Å²) < 4.78 is 26.2. The number of anilines is 1. The van der Waals surface area contributed by atoms with Crippen molar-refractivity contribution in [3.8, 4) is 0 Å². The predicted molar refractivity (Wildman–Crippen MR) is 123 cm³/mol. The van der Waals surface area contributed by atoms with Gasteiger partial charge in [-0.05, 0) is 44.4 Å². The fourth-order valence-electron chi connectivity index (χ4n) is 3.46. The summed E-state index contributed by atoms with van der Waals surface area (Å²) in [6.07, 6.45) is 1.63. The number of sulfonamides is 1. The van der Waals surface area contributed by atoms with E-state index in [2.05, 4.69) is 5.32 Å². The summed E-state index contributed by atoms with van der Waals surface area (Å²) in [5.41, 5.74) is 3.24. The monoisotopic (exact) mass is 445 g/mol. The zero-order chi connectivity index (χ0) is 23.2. The molecule has 8 heteroatoms. The molecule has 168 valence electrons. The smallest absolute Gasteiger partial charge is 0.244 e. The molecule has 0 unspecified atom stereocenters. The molecule has 2 aromatic carbocycles. The Kier molecular flexibility index (Phi) is 8.21. The number of carbonyl (C=O) groups excluding carboxylic acids is 2. The third-order valence-corrected chi connectivity index (χ3v) is 6.32. The molecule has 2 amide bonds. The minimum Gasteiger partial charge on any atom is -0.357 e. The second-order valence-electron chi connectivity index (χ2n) is 7.67. The van der Waals surface area contributed by atoms with Gasteiger partial charge >= 0.3 is 0 Å². The molecule has 0 fully saturated rings. The number of carbonyl (C=O) groups is 2. The number of nitrogens with zero attached hydrogens (tertiary/aromatic N) is 2. The molecule has 0 aliphatic rings. The Morgan fingerprint density at radius 1 is 1.06 bits per heavy atom. The number of nitrogens with one attached hydrogen (secondary N) is 1. The van der Waals surface area contributed by atoms with Gasteiger partial charge in [-0.2, -0.15) is 0 Å². The standard InChI is InChI=1S/C23H31N3O4S/c1-17-11-12-21(18(2)15-17)26(31(5,29)30)16-22(27)25(19(3)23(28)24-4)14-13-20-9-7-6-8-10-20/h6-12,15,19H,13-14,16H2,1-5H3,(H,24,28)/t19-/m0/s1. The van der Waals surface area contributed by atoms with Crippen LogP contribution in [0.4, 0.5) is 5.69 Å². The van der Waals surface area contributed by atoms with Gasteiger partial charge in [-0.25, -0.2) is 8.42 Å². The average Bonchev–Trinajstić information content (AvgIpc) is 2.72. The summed E-state index contributed by atoms with van der Waals surface area (Å²) in [5, 5.41) is 2.56. The maximum absolute atomic E-state index is 13.3. The zero-order valence-corrected chi connectivity index (χ0v) is 19.6. The Morgan fingerprint density at radius 3 is 2.26 bits per heavy atom. The van der Waals surface area contributed by atoms with Gasteiger partial charge in [-0.3, -0.25) is 13.9 Å². The van der Waals surface area contributed by atoms with E-state index in [0.717, 1.165) is 27.3 Å². The molecule has 0 spiro atoms. The highest BCUT2D eigenvalue weighted by Crippen LogP contribution is 2.24. The highest BCUT2D eigenvalue weighted by atomic mass is 32.2. The van der Waals surface area contributed by atoms with Crippen molar-refractivity contribution < 1.29 is 18.0 Å². The SMILES string of the molecule is CNC(=O)[C@H](C)N(CCc1ccccc1)C(=O)CN(c1ccc(C)cc1C)S(C)(=O)=O. The lowest BCUT2D eigenvalue weighted by atomic mass is 10.1. The van der Waals surface area contributed by atoms with Crippen LogP contribution in [0.3, 0.4) is 0 Å². The molecule has 0 aliphatic heterocycles. The molecule has 1 atom stereocenters. The van der Waals surface area contributed by atoms with E-state index in [-0.39, 0.29) is 12.5 Å². The molecular weight excluding hydrogens is 414 g/mol. The summed E-state index contributed by atoms with van der Waals surface area (Å²) in [4.78, 5) is 27.0. The lowest BCUT2D eigenvalue weighted by Crippen LogP contribution is -2.51. The quantitative estimate of drug-likeness (QED) is 0.642. The molecule has 0 aliphatic carbocycles. The van der Waals surface area contributed by atoms with Crippen LogP contribution in [0.15, 0.2) is 48.5 Å². The van der Waals surface area contributed by atoms with Crippen molar-refractivity contribution in [1.29, 1.82) is 0 Å². The Hall–Kier alpha value is -2.87. The first kappa shape index (κ1) is 24.4. The zero-order valence-electron chi connectivity index (χ0n) is 18.8. The number of likely N-dealkylation sites (N-methyl/N-ethyl adjacent to an activating group) is 1. The molecule has 1 N–H and O–H groups in total. The first-order chi connectivity index (χ1) is 14.5. The summed E-state index contributed by atoms with van der Waals surface area (Å²) in [5.74, 6) is -0.740. The van der Waals surface area contributed by atoms with Crippen LogP contribution in [0, 0.1) is 13.8 Å². The van der Waals surface area contributed by atoms with Crippen molar-refractivity contribution in [2.45, 2.75) is 33.2 Å². The van der Waals surface area contributed by atoms with Crippen molar-refractivity contribution in [3.05, 3.63) is 65.2 Å². The molecule has 0 saturated carbocycles. The lowest BCUT2D eigenvalue weighted by Gasteiger charge is -2.31. The van der Waals surface area contributed by atoms with Crippen molar-refractivity contribution in [2.24, 2.45) is 0 Å². The second-order valence-corrected chi connectivity index (χ2v) is 9.58. The number of benzene rings is 2. The maximum atomic E-state index is 13.3. The molecule has 2 rings (SSSR count). The van der Waals surface area contributed by atoms with Crippen LogP contribution in [-0.2, 0) is 26.0 Å². The summed E-state index contributed by atoms with van der Waals surface area (Å²) in [7, 11) is -2.20. The minimum atomic E-state index is -3.72. The van der Waals surface area contributed by atoms with E-state index in [0.29, 0.717) is 18.7 Å². The van der Waals surface area contributed by atoms with Gasteiger partial charge in [0.1, 0.15) is 12.6 Å². The van der Waals surface area contributed by atoms with Gasteiger partial charge in [0.05, 0.1) is 11.9 Å². The normalized spacial score (nSPS) is 12.2. The van der Waals surface area contributed by atoms with Crippen LogP contribution in [0.1, 0.15) is 23.6 Å². The Morgan fingerprint density at radius 2 is 1.71 bits per heavy atom. The molecule has 0 heterocycles. The number of hydrogen-bond donors (Lipinski definition) is 1. The molecule has 2 aromatic rings. The maximum Gasteiger partial charge on any atom is 0.244 e. The van der Waals surface area contributed by atoms with Crippen LogP contribution < -0.4 is 9.62 Å². The number of hydrogen-bond acceptors (Lipinski definition) is 4. The van der Waals surface area contributed by atoms with Crippen molar-refractivity contribution >= 4 is 27.5 Å². The summed E-state index contributed by atoms with van der Waals surface area (Å²) in [6, 6.07) is 14.3. The Labute approximate surface area is 185 Å². The van der Waals surface area contributed by atoms with Gasteiger partial charge in [0.25, 0.3) is 0 Å². The van der Waals surface area contributed by atoms with E-state index < -0.39 is 22.0 Å². The first-order valence-corrected chi connectivity index (χ1v) is 12.0. The van der Waals surface area contributed by atoms with E-state index in [1.165, 1.54) is 11.9 Å². The van der Waals surface area contributed by atoms with E-state index in [4.69, 9.17) is 0 Å². The number of rotatable bonds is 9. The largest absolute Gasteiger partial charge is 0.357 e. The lowest BCUT2D eigenvalue weighted by molar-refractivity contribution is -0.138. The van der Waals surface area contributed by atoms with Crippen LogP contribution in [0.2, 0.25) is 0 Å². The van der Waals surface area contributed by atoms with Crippen LogP contribution in [0.25, 0.3) is 0 Å². The van der Waals surface area contributed by atoms with Gasteiger partial charge in [0, 0.05) is 13.6 Å². The van der Waals surface area contributed by atoms with Gasteiger partial charge in [0.2, 0.25) is 21.8 Å². The number of amides is 2. The fraction of sp³-hybridized carbons (Fsp3) is 0.391. The first-order valence-electron chi connectivity index (χ1n) is 10.1. The van der Waals surface area contributed by atoms with Crippen molar-refractivity contribution in [2.75, 3.05) is 30.7 Å². The molecule has 0 saturated heterocycles. The molecule has 0 aromatic heterocycles. The van der Waals surface area contributed by atoms with Gasteiger partial charge in [0.15, 0.2) is 0 Å². The second kappa shape index (κ2) is 10.4. The van der Waals surface area contributed by atoms with E-state index in [1.54, 1.807) is 13.0 Å². The average molecular weight is 446 g/mol. The highest BCUT2D eigenvalue weighted by Gasteiger charge is 2.29. The molecule has 7 nitrogen and oxygen atoms in total. The summed E-state index contributed by atoms with van der Waals surface area (Å²) >= 11 is 0. The topological polar surface area (TPSA) is 86.8 Å². The van der Waals surface area contributed by atoms with Gasteiger partial charge in [-0.15, -0.1) is 0 Å². The third-order valence-electron chi connectivity index (χ3n) is 5.20. The predicted octanol–water partition coefficient (Wildman–Crippen LogP) is 2.28. The molecule has 31 heavy (non-hydrogen) atoms. The van der Waals surface area contributed by atoms with Gasteiger partial charge < -0.3 is 10.2 Å². The molecular formula is C23H31N3O4S. The molecule has 0 bridgehead atoms. The molecule has 0 radical (unpaired) electrons. The van der Waals surface area contributed by atoms with Crippen LogP contribution in [-0.4, -0.2) is 57.6 Å². The Bertz CT molecular complexity index is 1020. The fourth-order valence-corrected chi connectivity index (χ4v) is 4.37. The van der Waals surface area contributed by atoms with E-state index in [9.17, 15) is 18.0 Å². The Balaban J connectivity index is 2.32. The van der Waals surface area contributed by atoms with E-state index in [1.807, 2.05) is 56.3 Å². The minimum absolute atomic E-state index is 0.294. The third kappa shape index (κ3) is 6.55. The van der Waals surface area contributed by atoms with Crippen molar-refractivity contribution in [1.82, 2.24) is 10.2 Å².